The average molecular weight is 536 g/mol. The van der Waals surface area contributed by atoms with Gasteiger partial charge in [-0.2, -0.15) is 0 Å². The topological polar surface area (TPSA) is 41.3 Å². The second-order valence-electron chi connectivity index (χ2n) is 7.60. The lowest BCUT2D eigenvalue weighted by atomic mass is 10.2. The molecular formula is C32H58ClN3O. The highest BCUT2D eigenvalue weighted by Gasteiger charge is 2.15. The summed E-state index contributed by atoms with van der Waals surface area (Å²) in [6.07, 6.45) is 10.6. The molecule has 0 atom stereocenters. The molecule has 4 nitrogen and oxygen atoms in total. The highest BCUT2D eigenvalue weighted by molar-refractivity contribution is 6.31. The monoisotopic (exact) mass is 535 g/mol. The van der Waals surface area contributed by atoms with E-state index in [1.165, 1.54) is 5.57 Å². The molecule has 0 radical (unpaired) electrons. The first-order chi connectivity index (χ1) is 17.7. The molecule has 0 aliphatic rings. The molecule has 2 rings (SSSR count). The number of furan rings is 1. The van der Waals surface area contributed by atoms with E-state index in [0.717, 1.165) is 34.5 Å². The van der Waals surface area contributed by atoms with Crippen molar-refractivity contribution in [2.75, 3.05) is 19.0 Å². The van der Waals surface area contributed by atoms with E-state index < -0.39 is 0 Å². The maximum absolute atomic E-state index is 5.92. The van der Waals surface area contributed by atoms with Gasteiger partial charge in [0.1, 0.15) is 11.6 Å². The number of aryl methyl sites for hydroxylation is 2. The molecule has 2 heterocycles. The molecule has 214 valence electrons. The van der Waals surface area contributed by atoms with Crippen LogP contribution in [0.25, 0.3) is 0 Å². The zero-order valence-corrected chi connectivity index (χ0v) is 27.4. The van der Waals surface area contributed by atoms with Gasteiger partial charge in [0.15, 0.2) is 0 Å². The number of hydrogen-bond acceptors (Lipinski definition) is 4. The van der Waals surface area contributed by atoms with Gasteiger partial charge in [0.25, 0.3) is 0 Å². The van der Waals surface area contributed by atoms with Crippen molar-refractivity contribution in [3.63, 3.8) is 0 Å². The maximum Gasteiger partial charge on any atom is 0.208 e. The zero-order chi connectivity index (χ0) is 29.8. The van der Waals surface area contributed by atoms with Crippen molar-refractivity contribution < 1.29 is 4.42 Å². The number of nitrogens with zero attached hydrogens (tertiary/aromatic N) is 2. The average Bonchev–Trinajstić information content (AvgIpc) is 3.30. The van der Waals surface area contributed by atoms with Crippen LogP contribution in [0.4, 0.5) is 11.7 Å². The highest BCUT2D eigenvalue weighted by atomic mass is 35.5. The second-order valence-corrected chi connectivity index (χ2v) is 8.03. The van der Waals surface area contributed by atoms with E-state index in [1.54, 1.807) is 6.20 Å². The largest absolute Gasteiger partial charge is 0.445 e. The number of nitrogens with one attached hydrogen (secondary N) is 1. The van der Waals surface area contributed by atoms with Gasteiger partial charge in [-0.15, -0.1) is 0 Å². The van der Waals surface area contributed by atoms with Gasteiger partial charge in [-0.05, 0) is 72.0 Å². The molecule has 0 spiro atoms. The fraction of sp³-hybridized carbons (Fsp3) is 0.531. The fourth-order valence-corrected chi connectivity index (χ4v) is 2.39. The highest BCUT2D eigenvalue weighted by Crippen LogP contribution is 2.31. The Morgan fingerprint density at radius 1 is 1.08 bits per heavy atom. The lowest BCUT2D eigenvalue weighted by Crippen LogP contribution is -2.10. The predicted octanol–water partition coefficient (Wildman–Crippen LogP) is 10.9. The van der Waals surface area contributed by atoms with E-state index in [9.17, 15) is 0 Å². The predicted molar refractivity (Wildman–Crippen MR) is 171 cm³/mol. The summed E-state index contributed by atoms with van der Waals surface area (Å²) in [6.45, 7) is 26.4. The number of aromatic nitrogens is 1. The summed E-state index contributed by atoms with van der Waals surface area (Å²) in [7, 11) is 3.75. The minimum Gasteiger partial charge on any atom is -0.445 e. The Morgan fingerprint density at radius 3 is 1.97 bits per heavy atom. The number of allylic oxidation sites excluding steroid dienone is 5. The van der Waals surface area contributed by atoms with Gasteiger partial charge < -0.3 is 9.73 Å². The normalized spacial score (nSPS) is 9.59. The Labute approximate surface area is 235 Å². The van der Waals surface area contributed by atoms with Crippen LogP contribution in [0, 0.1) is 12.8 Å². The van der Waals surface area contributed by atoms with Crippen LogP contribution in [-0.4, -0.2) is 19.1 Å². The molecule has 0 aliphatic heterocycles. The van der Waals surface area contributed by atoms with Gasteiger partial charge in [0, 0.05) is 29.4 Å². The molecule has 37 heavy (non-hydrogen) atoms. The van der Waals surface area contributed by atoms with E-state index in [2.05, 4.69) is 64.0 Å². The van der Waals surface area contributed by atoms with Crippen LogP contribution in [0.1, 0.15) is 94.4 Å². The summed E-state index contributed by atoms with van der Waals surface area (Å²) < 4.78 is 5.92. The van der Waals surface area contributed by atoms with Gasteiger partial charge in [0.05, 0.1) is 0 Å². The van der Waals surface area contributed by atoms with Crippen LogP contribution in [-0.2, 0) is 6.42 Å². The SMILES string of the molecule is C/C=C(Cl)\C=C/C(C)C.CC.CC.CC.CCc1cc(C)c(N(C=C(C)C)c2ccccn2)o1.CNC. The number of halogens is 1. The fourth-order valence-electron chi connectivity index (χ4n) is 2.31. The van der Waals surface area contributed by atoms with Crippen LogP contribution in [0.2, 0.25) is 0 Å². The van der Waals surface area contributed by atoms with Crippen LogP contribution in [0.15, 0.2) is 69.9 Å². The molecule has 0 bridgehead atoms. The van der Waals surface area contributed by atoms with Crippen molar-refractivity contribution in [1.29, 1.82) is 0 Å². The Bertz CT molecular complexity index is 818. The van der Waals surface area contributed by atoms with Crippen molar-refractivity contribution in [2.24, 2.45) is 5.92 Å². The molecule has 2 aromatic rings. The summed E-state index contributed by atoms with van der Waals surface area (Å²) in [6, 6.07) is 7.96. The summed E-state index contributed by atoms with van der Waals surface area (Å²) >= 11 is 5.68. The van der Waals surface area contributed by atoms with Gasteiger partial charge in [-0.1, -0.05) is 97.7 Å². The third kappa shape index (κ3) is 22.6. The van der Waals surface area contributed by atoms with Gasteiger partial charge in [-0.25, -0.2) is 4.98 Å². The van der Waals surface area contributed by atoms with Gasteiger partial charge in [0.2, 0.25) is 5.88 Å². The van der Waals surface area contributed by atoms with Crippen LogP contribution < -0.4 is 10.2 Å². The summed E-state index contributed by atoms with van der Waals surface area (Å²) in [5.74, 6) is 3.29. The van der Waals surface area contributed by atoms with Crippen molar-refractivity contribution in [1.82, 2.24) is 10.3 Å². The quantitative estimate of drug-likeness (QED) is 0.373. The van der Waals surface area contributed by atoms with Crippen LogP contribution in [0.3, 0.4) is 0 Å². The van der Waals surface area contributed by atoms with Gasteiger partial charge in [-0.3, -0.25) is 4.90 Å². The van der Waals surface area contributed by atoms with Crippen molar-refractivity contribution in [3.8, 4) is 0 Å². The molecule has 0 amide bonds. The Morgan fingerprint density at radius 2 is 1.62 bits per heavy atom. The number of pyridine rings is 1. The van der Waals surface area contributed by atoms with Crippen LogP contribution >= 0.6 is 11.6 Å². The molecule has 0 unspecified atom stereocenters. The molecule has 0 aliphatic carbocycles. The molecule has 0 saturated carbocycles. The van der Waals surface area contributed by atoms with E-state index in [0.29, 0.717) is 5.92 Å². The first-order valence-electron chi connectivity index (χ1n) is 13.7. The maximum atomic E-state index is 5.92. The van der Waals surface area contributed by atoms with E-state index >= 15 is 0 Å². The molecule has 0 saturated heterocycles. The van der Waals surface area contributed by atoms with Gasteiger partial charge >= 0.3 is 0 Å². The second kappa shape index (κ2) is 29.9. The van der Waals surface area contributed by atoms with Crippen molar-refractivity contribution in [3.05, 3.63) is 76.8 Å². The van der Waals surface area contributed by atoms with E-state index in [-0.39, 0.29) is 0 Å². The molecule has 1 N–H and O–H groups in total. The first-order valence-corrected chi connectivity index (χ1v) is 14.1. The molecule has 0 fully saturated rings. The molecule has 2 aromatic heterocycles. The lowest BCUT2D eigenvalue weighted by Gasteiger charge is -2.18. The summed E-state index contributed by atoms with van der Waals surface area (Å²) in [4.78, 5) is 6.41. The minimum atomic E-state index is 0.582. The number of anilines is 2. The van der Waals surface area contributed by atoms with Crippen LogP contribution in [0.5, 0.6) is 0 Å². The Kier molecular flexibility index (Phi) is 33.8. The van der Waals surface area contributed by atoms with Crippen molar-refractivity contribution in [2.45, 2.75) is 96.4 Å². The molecular weight excluding hydrogens is 478 g/mol. The standard InChI is InChI=1S/C16H20N2O.C8H13Cl.C2H7N.3C2H6/c1-5-14-10-13(4)16(19-14)18(11-12(2)3)15-8-6-7-9-17-15;1-4-8(9)6-5-7(2)3;1-3-2;3*1-2/h6-11H,5H2,1-4H3;4-7H,1-3H3;3H,1-2H3;3*1-2H3/b;6-5-,8-4+;;;;. The summed E-state index contributed by atoms with van der Waals surface area (Å²) in [5.41, 5.74) is 2.32. The van der Waals surface area contributed by atoms with Crippen molar-refractivity contribution >= 4 is 23.3 Å². The minimum absolute atomic E-state index is 0.582. The third-order valence-corrected chi connectivity index (χ3v) is 4.05. The first kappa shape index (κ1) is 41.8. The Balaban J connectivity index is -0.000000254. The number of rotatable bonds is 6. The smallest absolute Gasteiger partial charge is 0.208 e. The van der Waals surface area contributed by atoms with E-state index in [1.807, 2.05) is 104 Å². The summed E-state index contributed by atoms with van der Waals surface area (Å²) in [5, 5.41) is 3.56. The Hall–Kier alpha value is -2.30. The number of hydrogen-bond donors (Lipinski definition) is 1. The zero-order valence-electron chi connectivity index (χ0n) is 26.7. The van der Waals surface area contributed by atoms with E-state index in [4.69, 9.17) is 16.0 Å². The third-order valence-electron chi connectivity index (χ3n) is 3.71. The molecule has 5 heteroatoms. The molecule has 0 aromatic carbocycles. The lowest BCUT2D eigenvalue weighted by molar-refractivity contribution is 0.521.